The number of amides is 2. The molecule has 148 valence electrons. The van der Waals surface area contributed by atoms with Crippen molar-refractivity contribution in [2.24, 2.45) is 5.92 Å². The van der Waals surface area contributed by atoms with E-state index in [1.165, 1.54) is 11.3 Å². The van der Waals surface area contributed by atoms with Gasteiger partial charge in [-0.05, 0) is 24.5 Å². The Labute approximate surface area is 167 Å². The standard InChI is InChI=1S/C20H23N3O4S/c1-4-27-16(24)9-14-11-28-20(21-14)22-18(25)17(12(2)3)23-10-13-7-5-6-8-15(13)19(23)26/h5-8,11-12,17H,4,9-10H2,1-3H3,(H,21,22,25). The van der Waals surface area contributed by atoms with Crippen LogP contribution in [0.5, 0.6) is 0 Å². The van der Waals surface area contributed by atoms with Crippen molar-refractivity contribution in [1.29, 1.82) is 0 Å². The van der Waals surface area contributed by atoms with Crippen LogP contribution in [0.3, 0.4) is 0 Å². The Hall–Kier alpha value is -2.74. The van der Waals surface area contributed by atoms with Crippen LogP contribution in [-0.4, -0.2) is 40.3 Å². The van der Waals surface area contributed by atoms with Gasteiger partial charge in [-0.15, -0.1) is 11.3 Å². The van der Waals surface area contributed by atoms with Crippen LogP contribution < -0.4 is 5.32 Å². The molecule has 28 heavy (non-hydrogen) atoms. The highest BCUT2D eigenvalue weighted by Gasteiger charge is 2.38. The van der Waals surface area contributed by atoms with Gasteiger partial charge in [-0.1, -0.05) is 32.0 Å². The molecule has 2 amide bonds. The summed E-state index contributed by atoms with van der Waals surface area (Å²) in [6.07, 6.45) is 0.0632. The summed E-state index contributed by atoms with van der Waals surface area (Å²) in [5.41, 5.74) is 2.12. The summed E-state index contributed by atoms with van der Waals surface area (Å²) in [7, 11) is 0. The van der Waals surface area contributed by atoms with Gasteiger partial charge in [-0.2, -0.15) is 0 Å². The Morgan fingerprint density at radius 1 is 1.32 bits per heavy atom. The van der Waals surface area contributed by atoms with Crippen molar-refractivity contribution in [2.45, 2.75) is 39.8 Å². The number of nitrogens with one attached hydrogen (secondary N) is 1. The molecular formula is C20H23N3O4S. The fourth-order valence-corrected chi connectivity index (χ4v) is 4.00. The maximum atomic E-state index is 12.9. The summed E-state index contributed by atoms with van der Waals surface area (Å²) in [5, 5.41) is 4.91. The Bertz CT molecular complexity index is 893. The summed E-state index contributed by atoms with van der Waals surface area (Å²) >= 11 is 1.24. The second kappa shape index (κ2) is 8.52. The first-order valence-corrected chi connectivity index (χ1v) is 10.1. The molecular weight excluding hydrogens is 378 g/mol. The van der Waals surface area contributed by atoms with Crippen molar-refractivity contribution < 1.29 is 19.1 Å². The van der Waals surface area contributed by atoms with Gasteiger partial charge in [0, 0.05) is 17.5 Å². The van der Waals surface area contributed by atoms with E-state index in [0.29, 0.717) is 29.5 Å². The molecule has 2 aromatic rings. The number of rotatable bonds is 7. The summed E-state index contributed by atoms with van der Waals surface area (Å²) in [6, 6.07) is 6.80. The molecule has 0 bridgehead atoms. The molecule has 1 N–H and O–H groups in total. The minimum absolute atomic E-state index is 0.0632. The second-order valence-electron chi connectivity index (χ2n) is 6.89. The molecule has 1 aromatic heterocycles. The zero-order valence-electron chi connectivity index (χ0n) is 16.1. The Morgan fingerprint density at radius 3 is 2.75 bits per heavy atom. The molecule has 8 heteroatoms. The SMILES string of the molecule is CCOC(=O)Cc1csc(NC(=O)C(C(C)C)N2Cc3ccccc3C2=O)n1. The molecule has 0 aliphatic carbocycles. The molecule has 1 unspecified atom stereocenters. The smallest absolute Gasteiger partial charge is 0.311 e. The minimum Gasteiger partial charge on any atom is -0.466 e. The van der Waals surface area contributed by atoms with Gasteiger partial charge in [0.25, 0.3) is 5.91 Å². The summed E-state index contributed by atoms with van der Waals surface area (Å²) in [4.78, 5) is 43.2. The van der Waals surface area contributed by atoms with Gasteiger partial charge in [-0.25, -0.2) is 4.98 Å². The van der Waals surface area contributed by atoms with E-state index in [4.69, 9.17) is 4.74 Å². The van der Waals surface area contributed by atoms with Crippen LogP contribution in [0.2, 0.25) is 0 Å². The lowest BCUT2D eigenvalue weighted by Gasteiger charge is -2.29. The van der Waals surface area contributed by atoms with Gasteiger partial charge in [0.2, 0.25) is 5.91 Å². The highest BCUT2D eigenvalue weighted by molar-refractivity contribution is 7.13. The van der Waals surface area contributed by atoms with Crippen molar-refractivity contribution in [3.63, 3.8) is 0 Å². The van der Waals surface area contributed by atoms with Crippen molar-refractivity contribution in [3.05, 3.63) is 46.5 Å². The van der Waals surface area contributed by atoms with E-state index < -0.39 is 6.04 Å². The van der Waals surface area contributed by atoms with Crippen molar-refractivity contribution in [1.82, 2.24) is 9.88 Å². The van der Waals surface area contributed by atoms with E-state index >= 15 is 0 Å². The lowest BCUT2D eigenvalue weighted by molar-refractivity contribution is -0.142. The molecule has 1 atom stereocenters. The third-order valence-corrected chi connectivity index (χ3v) is 5.30. The zero-order chi connectivity index (χ0) is 20.3. The quantitative estimate of drug-likeness (QED) is 0.721. The predicted molar refractivity (Wildman–Crippen MR) is 106 cm³/mol. The van der Waals surface area contributed by atoms with E-state index in [0.717, 1.165) is 5.56 Å². The van der Waals surface area contributed by atoms with E-state index in [1.54, 1.807) is 23.3 Å². The number of esters is 1. The van der Waals surface area contributed by atoms with Crippen molar-refractivity contribution in [2.75, 3.05) is 11.9 Å². The monoisotopic (exact) mass is 401 g/mol. The Kier molecular flexibility index (Phi) is 6.08. The fraction of sp³-hybridized carbons (Fsp3) is 0.400. The number of aromatic nitrogens is 1. The number of carbonyl (C=O) groups excluding carboxylic acids is 3. The van der Waals surface area contributed by atoms with Gasteiger partial charge in [0.15, 0.2) is 5.13 Å². The molecule has 1 aliphatic rings. The van der Waals surface area contributed by atoms with Crippen molar-refractivity contribution >= 4 is 34.3 Å². The Morgan fingerprint density at radius 2 is 2.07 bits per heavy atom. The third kappa shape index (κ3) is 4.22. The summed E-state index contributed by atoms with van der Waals surface area (Å²) in [5.74, 6) is -0.844. The van der Waals surface area contributed by atoms with Crippen LogP contribution in [0, 0.1) is 5.92 Å². The van der Waals surface area contributed by atoms with E-state index in [1.807, 2.05) is 32.0 Å². The van der Waals surface area contributed by atoms with Crippen LogP contribution in [0.1, 0.15) is 42.4 Å². The first-order valence-electron chi connectivity index (χ1n) is 9.20. The first-order chi connectivity index (χ1) is 13.4. The molecule has 0 saturated heterocycles. The molecule has 0 saturated carbocycles. The fourth-order valence-electron chi connectivity index (χ4n) is 3.29. The summed E-state index contributed by atoms with van der Waals surface area (Å²) < 4.78 is 4.91. The Balaban J connectivity index is 1.71. The molecule has 0 radical (unpaired) electrons. The molecule has 1 aromatic carbocycles. The highest BCUT2D eigenvalue weighted by atomic mass is 32.1. The van der Waals surface area contributed by atoms with E-state index in [-0.39, 0.29) is 30.1 Å². The van der Waals surface area contributed by atoms with Crippen LogP contribution in [0.25, 0.3) is 0 Å². The molecule has 1 aliphatic heterocycles. The van der Waals surface area contributed by atoms with E-state index in [9.17, 15) is 14.4 Å². The average molecular weight is 401 g/mol. The lowest BCUT2D eigenvalue weighted by atomic mass is 10.0. The van der Waals surface area contributed by atoms with Crippen LogP contribution in [0.15, 0.2) is 29.6 Å². The number of thiazole rings is 1. The molecule has 2 heterocycles. The number of nitrogens with zero attached hydrogens (tertiary/aromatic N) is 2. The minimum atomic E-state index is -0.614. The molecule has 0 spiro atoms. The molecule has 7 nitrogen and oxygen atoms in total. The number of benzene rings is 1. The summed E-state index contributed by atoms with van der Waals surface area (Å²) in [6.45, 7) is 6.30. The number of carbonyl (C=O) groups is 3. The maximum absolute atomic E-state index is 12.9. The van der Waals surface area contributed by atoms with Crippen molar-refractivity contribution in [3.8, 4) is 0 Å². The number of fused-ring (bicyclic) bond motifs is 1. The normalized spacial score (nSPS) is 14.1. The largest absolute Gasteiger partial charge is 0.466 e. The average Bonchev–Trinajstić information content (AvgIpc) is 3.20. The highest BCUT2D eigenvalue weighted by Crippen LogP contribution is 2.28. The number of hydrogen-bond acceptors (Lipinski definition) is 6. The van der Waals surface area contributed by atoms with E-state index in [2.05, 4.69) is 10.3 Å². The van der Waals surface area contributed by atoms with Gasteiger partial charge in [0.05, 0.1) is 18.7 Å². The first kappa shape index (κ1) is 20.0. The zero-order valence-corrected chi connectivity index (χ0v) is 16.9. The van der Waals surface area contributed by atoms with Gasteiger partial charge < -0.3 is 15.0 Å². The van der Waals surface area contributed by atoms with Gasteiger partial charge in [0.1, 0.15) is 6.04 Å². The topological polar surface area (TPSA) is 88.6 Å². The van der Waals surface area contributed by atoms with Gasteiger partial charge in [-0.3, -0.25) is 14.4 Å². The number of anilines is 1. The van der Waals surface area contributed by atoms with Crippen LogP contribution in [0.4, 0.5) is 5.13 Å². The number of ether oxygens (including phenoxy) is 1. The third-order valence-electron chi connectivity index (χ3n) is 4.50. The van der Waals surface area contributed by atoms with Crippen LogP contribution >= 0.6 is 11.3 Å². The number of hydrogen-bond donors (Lipinski definition) is 1. The lowest BCUT2D eigenvalue weighted by Crippen LogP contribution is -2.47. The van der Waals surface area contributed by atoms with Gasteiger partial charge >= 0.3 is 5.97 Å². The second-order valence-corrected chi connectivity index (χ2v) is 7.75. The molecule has 3 rings (SSSR count). The van der Waals surface area contributed by atoms with Crippen LogP contribution in [-0.2, 0) is 27.3 Å². The molecule has 0 fully saturated rings. The predicted octanol–water partition coefficient (Wildman–Crippen LogP) is 2.87. The maximum Gasteiger partial charge on any atom is 0.311 e.